The van der Waals surface area contributed by atoms with Crippen LogP contribution in [0.25, 0.3) is 0 Å². The van der Waals surface area contributed by atoms with Gasteiger partial charge in [0.15, 0.2) is 0 Å². The summed E-state index contributed by atoms with van der Waals surface area (Å²) in [5.74, 6) is -0.111. The van der Waals surface area contributed by atoms with E-state index in [1.54, 1.807) is 4.90 Å². The molecule has 2 unspecified atom stereocenters. The molecule has 6 nitrogen and oxygen atoms in total. The fourth-order valence-electron chi connectivity index (χ4n) is 2.08. The van der Waals surface area contributed by atoms with Gasteiger partial charge >= 0.3 is 6.03 Å². The maximum atomic E-state index is 11.7. The van der Waals surface area contributed by atoms with E-state index in [9.17, 15) is 9.59 Å². The quantitative estimate of drug-likeness (QED) is 0.648. The Bertz CT molecular complexity index is 296. The van der Waals surface area contributed by atoms with Crippen molar-refractivity contribution in [2.45, 2.75) is 45.2 Å². The summed E-state index contributed by atoms with van der Waals surface area (Å²) >= 11 is 0. The van der Waals surface area contributed by atoms with Gasteiger partial charge in [-0.3, -0.25) is 4.79 Å². The largest absolute Gasteiger partial charge is 0.350 e. The van der Waals surface area contributed by atoms with Gasteiger partial charge in [0, 0.05) is 25.7 Å². The molecule has 4 N–H and O–H groups in total. The Morgan fingerprint density at radius 2 is 2.17 bits per heavy atom. The van der Waals surface area contributed by atoms with Gasteiger partial charge in [0.2, 0.25) is 5.91 Å². The minimum atomic E-state index is -0.437. The van der Waals surface area contributed by atoms with Gasteiger partial charge in [0.05, 0.1) is 6.04 Å². The summed E-state index contributed by atoms with van der Waals surface area (Å²) in [6.45, 7) is 5.75. The molecule has 0 bridgehead atoms. The van der Waals surface area contributed by atoms with Gasteiger partial charge in [-0.2, -0.15) is 0 Å². The Morgan fingerprint density at radius 1 is 1.44 bits per heavy atom. The second-order valence-corrected chi connectivity index (χ2v) is 4.67. The van der Waals surface area contributed by atoms with Crippen molar-refractivity contribution in [2.75, 3.05) is 19.6 Å². The fraction of sp³-hybridized carbons (Fsp3) is 0.833. The van der Waals surface area contributed by atoms with Crippen molar-refractivity contribution >= 4 is 11.9 Å². The van der Waals surface area contributed by atoms with E-state index in [-0.39, 0.29) is 18.0 Å². The van der Waals surface area contributed by atoms with Crippen LogP contribution in [0.3, 0.4) is 0 Å². The first-order valence-electron chi connectivity index (χ1n) is 6.67. The molecule has 6 heteroatoms. The lowest BCUT2D eigenvalue weighted by molar-refractivity contribution is -0.123. The molecule has 1 rings (SSSR count). The monoisotopic (exact) mass is 256 g/mol. The average molecular weight is 256 g/mol. The number of carbonyl (C=O) groups is 2. The van der Waals surface area contributed by atoms with Crippen molar-refractivity contribution in [3.8, 4) is 0 Å². The number of likely N-dealkylation sites (tertiary alicyclic amines) is 1. The van der Waals surface area contributed by atoms with Crippen LogP contribution in [0.4, 0.5) is 4.79 Å². The molecule has 2 atom stereocenters. The van der Waals surface area contributed by atoms with Crippen LogP contribution < -0.4 is 16.4 Å². The summed E-state index contributed by atoms with van der Waals surface area (Å²) in [4.78, 5) is 25.0. The maximum absolute atomic E-state index is 11.7. The van der Waals surface area contributed by atoms with Crippen molar-refractivity contribution in [3.05, 3.63) is 0 Å². The minimum absolute atomic E-state index is 0.0306. The van der Waals surface area contributed by atoms with E-state index in [0.29, 0.717) is 26.1 Å². The predicted molar refractivity (Wildman–Crippen MR) is 70.1 cm³/mol. The number of urea groups is 1. The summed E-state index contributed by atoms with van der Waals surface area (Å²) in [6, 6.07) is -0.469. The minimum Gasteiger partial charge on any atom is -0.350 e. The van der Waals surface area contributed by atoms with Crippen molar-refractivity contribution in [1.82, 2.24) is 15.5 Å². The van der Waals surface area contributed by atoms with Gasteiger partial charge in [-0.15, -0.1) is 0 Å². The van der Waals surface area contributed by atoms with Gasteiger partial charge < -0.3 is 21.3 Å². The molecule has 0 spiro atoms. The molecule has 104 valence electrons. The summed E-state index contributed by atoms with van der Waals surface area (Å²) in [6.07, 6.45) is 2.38. The number of hydrogen-bond donors (Lipinski definition) is 3. The van der Waals surface area contributed by atoms with Crippen LogP contribution in [0, 0.1) is 0 Å². The second kappa shape index (κ2) is 7.20. The van der Waals surface area contributed by atoms with Crippen LogP contribution >= 0.6 is 0 Å². The molecule has 1 aliphatic rings. The lowest BCUT2D eigenvalue weighted by atomic mass is 10.1. The van der Waals surface area contributed by atoms with E-state index in [1.807, 2.05) is 13.8 Å². The van der Waals surface area contributed by atoms with Crippen LogP contribution in [0.5, 0.6) is 0 Å². The number of amides is 3. The summed E-state index contributed by atoms with van der Waals surface area (Å²) in [5.41, 5.74) is 5.74. The normalized spacial score (nSPS) is 20.6. The molecule has 1 saturated heterocycles. The highest BCUT2D eigenvalue weighted by Crippen LogP contribution is 2.09. The standard InChI is InChI=1S/C12H24N4O2/c1-3-5-10(13)11(17)15-9-6-7-16(8-9)12(18)14-4-2/h9-10H,3-8,13H2,1-2H3,(H,14,18)(H,15,17). The van der Waals surface area contributed by atoms with E-state index in [0.717, 1.165) is 12.8 Å². The smallest absolute Gasteiger partial charge is 0.317 e. The SMILES string of the molecule is CCCC(N)C(=O)NC1CCN(C(=O)NCC)C1. The number of rotatable bonds is 5. The molecule has 0 saturated carbocycles. The third-order valence-electron chi connectivity index (χ3n) is 3.09. The van der Waals surface area contributed by atoms with Gasteiger partial charge in [-0.1, -0.05) is 13.3 Å². The molecule has 0 aromatic carbocycles. The Labute approximate surface area is 108 Å². The lowest BCUT2D eigenvalue weighted by Crippen LogP contribution is -2.47. The topological polar surface area (TPSA) is 87.5 Å². The molecule has 0 radical (unpaired) electrons. The molecule has 1 fully saturated rings. The van der Waals surface area contributed by atoms with Crippen molar-refractivity contribution in [3.63, 3.8) is 0 Å². The molecular weight excluding hydrogens is 232 g/mol. The summed E-state index contributed by atoms with van der Waals surface area (Å²) in [5, 5.41) is 5.66. The van der Waals surface area contributed by atoms with Crippen molar-refractivity contribution in [2.24, 2.45) is 5.73 Å². The average Bonchev–Trinajstić information content (AvgIpc) is 2.78. The van der Waals surface area contributed by atoms with Gasteiger partial charge in [-0.05, 0) is 19.8 Å². The van der Waals surface area contributed by atoms with Gasteiger partial charge in [-0.25, -0.2) is 4.79 Å². The summed E-state index contributed by atoms with van der Waals surface area (Å²) < 4.78 is 0. The third kappa shape index (κ3) is 4.18. The molecule has 3 amide bonds. The molecule has 1 aliphatic heterocycles. The van der Waals surface area contributed by atoms with Crippen molar-refractivity contribution in [1.29, 1.82) is 0 Å². The highest BCUT2D eigenvalue weighted by Gasteiger charge is 2.27. The zero-order valence-electron chi connectivity index (χ0n) is 11.2. The van der Waals surface area contributed by atoms with Crippen LogP contribution in [-0.4, -0.2) is 48.6 Å². The number of nitrogens with two attached hydrogens (primary N) is 1. The van der Waals surface area contributed by atoms with E-state index in [2.05, 4.69) is 10.6 Å². The van der Waals surface area contributed by atoms with E-state index in [1.165, 1.54) is 0 Å². The molecule has 0 aliphatic carbocycles. The molecule has 18 heavy (non-hydrogen) atoms. The fourth-order valence-corrected chi connectivity index (χ4v) is 2.08. The van der Waals surface area contributed by atoms with Gasteiger partial charge in [0.1, 0.15) is 0 Å². The van der Waals surface area contributed by atoms with Gasteiger partial charge in [0.25, 0.3) is 0 Å². The zero-order chi connectivity index (χ0) is 13.5. The highest BCUT2D eigenvalue weighted by molar-refractivity contribution is 5.82. The second-order valence-electron chi connectivity index (χ2n) is 4.67. The Morgan fingerprint density at radius 3 is 2.78 bits per heavy atom. The van der Waals surface area contributed by atoms with Crippen molar-refractivity contribution < 1.29 is 9.59 Å². The lowest BCUT2D eigenvalue weighted by Gasteiger charge is -2.18. The first-order chi connectivity index (χ1) is 8.58. The van der Waals surface area contributed by atoms with Crippen LogP contribution in [0.15, 0.2) is 0 Å². The van der Waals surface area contributed by atoms with E-state index >= 15 is 0 Å². The summed E-state index contributed by atoms with van der Waals surface area (Å²) in [7, 11) is 0. The number of hydrogen-bond acceptors (Lipinski definition) is 3. The first kappa shape index (κ1) is 14.8. The molecule has 1 heterocycles. The zero-order valence-corrected chi connectivity index (χ0v) is 11.2. The van der Waals surface area contributed by atoms with Crippen LogP contribution in [0.1, 0.15) is 33.1 Å². The number of carbonyl (C=O) groups excluding carboxylic acids is 2. The van der Waals surface area contributed by atoms with Crippen LogP contribution in [-0.2, 0) is 4.79 Å². The third-order valence-corrected chi connectivity index (χ3v) is 3.09. The predicted octanol–water partition coefficient (Wildman–Crippen LogP) is 0.0338. The molecule has 0 aromatic heterocycles. The Kier molecular flexibility index (Phi) is 5.91. The molecule has 0 aromatic rings. The number of nitrogens with one attached hydrogen (secondary N) is 2. The first-order valence-corrected chi connectivity index (χ1v) is 6.67. The highest BCUT2D eigenvalue weighted by atomic mass is 16.2. The Hall–Kier alpha value is -1.30. The number of nitrogens with zero attached hydrogens (tertiary/aromatic N) is 1. The molecular formula is C12H24N4O2. The maximum Gasteiger partial charge on any atom is 0.317 e. The van der Waals surface area contributed by atoms with Crippen LogP contribution in [0.2, 0.25) is 0 Å². The van der Waals surface area contributed by atoms with E-state index < -0.39 is 6.04 Å². The van der Waals surface area contributed by atoms with E-state index in [4.69, 9.17) is 5.73 Å². The Balaban J connectivity index is 2.34.